The number of alkyl halides is 4. The average Bonchev–Trinajstić information content (AvgIpc) is 3.09. The number of carbonyl (C=O) groups excluding carboxylic acids is 2. The first-order chi connectivity index (χ1) is 20.1. The van der Waals surface area contributed by atoms with Crippen molar-refractivity contribution in [2.75, 3.05) is 31.9 Å². The quantitative estimate of drug-likeness (QED) is 0.159. The highest BCUT2D eigenvalue weighted by atomic mass is 35.5. The van der Waals surface area contributed by atoms with Crippen molar-refractivity contribution in [3.63, 3.8) is 0 Å². The number of phosphoric acid groups is 1. The number of fused-ring (bicyclic) bond motifs is 1. The van der Waals surface area contributed by atoms with Crippen molar-refractivity contribution in [3.05, 3.63) is 58.1 Å². The number of nitrogens with one attached hydrogen (secondary N) is 1. The van der Waals surface area contributed by atoms with Crippen molar-refractivity contribution in [1.29, 1.82) is 0 Å². The molecule has 0 saturated heterocycles. The molecule has 3 rings (SSSR count). The van der Waals surface area contributed by atoms with Gasteiger partial charge in [0.15, 0.2) is 6.73 Å². The van der Waals surface area contributed by atoms with E-state index >= 15 is 4.39 Å². The topological polar surface area (TPSA) is 113 Å². The van der Waals surface area contributed by atoms with Crippen molar-refractivity contribution in [2.45, 2.75) is 64.6 Å². The number of amides is 2. The summed E-state index contributed by atoms with van der Waals surface area (Å²) >= 11 is 6.05. The minimum atomic E-state index is -4.82. The van der Waals surface area contributed by atoms with Gasteiger partial charge in [0.05, 0.1) is 36.2 Å². The molecule has 0 fully saturated rings. The van der Waals surface area contributed by atoms with Gasteiger partial charge in [0, 0.05) is 22.7 Å². The fraction of sp³-hybridized carbons (Fsp3) is 0.500. The predicted molar refractivity (Wildman–Crippen MR) is 153 cm³/mol. The van der Waals surface area contributed by atoms with Crippen LogP contribution in [0.1, 0.15) is 58.2 Å². The Bertz CT molecular complexity index is 1420. The number of phosphoric ester groups is 1. The maximum absolute atomic E-state index is 16.8. The molecule has 0 aromatic heterocycles. The molecule has 0 spiro atoms. The van der Waals surface area contributed by atoms with E-state index < -0.39 is 66.4 Å². The lowest BCUT2D eigenvalue weighted by Crippen LogP contribution is -2.41. The van der Waals surface area contributed by atoms with Crippen molar-refractivity contribution >= 4 is 37.1 Å². The van der Waals surface area contributed by atoms with Crippen LogP contribution in [0, 0.1) is 0 Å². The van der Waals surface area contributed by atoms with Crippen LogP contribution < -0.4 is 15.0 Å². The number of anilines is 1. The van der Waals surface area contributed by atoms with Crippen molar-refractivity contribution in [2.24, 2.45) is 0 Å². The van der Waals surface area contributed by atoms with Gasteiger partial charge in [-0.2, -0.15) is 13.2 Å². The molecule has 1 N–H and O–H groups in total. The third-order valence-electron chi connectivity index (χ3n) is 5.78. The zero-order valence-corrected chi connectivity index (χ0v) is 26.8. The molecule has 0 saturated carbocycles. The van der Waals surface area contributed by atoms with Crippen LogP contribution in [0.3, 0.4) is 0 Å². The van der Waals surface area contributed by atoms with Gasteiger partial charge in [-0.25, -0.2) is 13.8 Å². The Labute approximate surface area is 257 Å². The first kappa shape index (κ1) is 35.6. The van der Waals surface area contributed by atoms with Gasteiger partial charge in [-0.05, 0) is 71.9 Å². The van der Waals surface area contributed by atoms with Crippen molar-refractivity contribution in [3.8, 4) is 5.75 Å². The van der Waals surface area contributed by atoms with Gasteiger partial charge in [-0.15, -0.1) is 0 Å². The summed E-state index contributed by atoms with van der Waals surface area (Å²) in [5, 5.41) is 2.33. The zero-order chi connectivity index (χ0) is 33.3. The Balaban J connectivity index is 1.78. The number of alkyl carbamates (subject to hydrolysis) is 1. The summed E-state index contributed by atoms with van der Waals surface area (Å²) in [6.45, 7) is 8.32. The molecule has 16 heteroatoms. The van der Waals surface area contributed by atoms with E-state index in [1.54, 1.807) is 41.5 Å². The lowest BCUT2D eigenvalue weighted by Gasteiger charge is -2.30. The summed E-state index contributed by atoms with van der Waals surface area (Å²) in [5.74, 6) is -1.41. The van der Waals surface area contributed by atoms with Crippen LogP contribution >= 0.6 is 19.4 Å². The molecule has 1 atom stereocenters. The lowest BCUT2D eigenvalue weighted by molar-refractivity contribution is -0.137. The van der Waals surface area contributed by atoms with Gasteiger partial charge in [0.2, 0.25) is 5.67 Å². The van der Waals surface area contributed by atoms with Crippen LogP contribution in [0.15, 0.2) is 36.4 Å². The molecule has 2 aromatic carbocycles. The number of nitrogens with zero attached hydrogens (tertiary/aromatic N) is 1. The fourth-order valence-corrected chi connectivity index (χ4v) is 6.17. The van der Waals surface area contributed by atoms with Gasteiger partial charge in [-0.3, -0.25) is 23.3 Å². The van der Waals surface area contributed by atoms with Gasteiger partial charge >= 0.3 is 20.1 Å². The largest absolute Gasteiger partial charge is 0.496 e. The maximum atomic E-state index is 16.8. The molecule has 2 aromatic rings. The number of hydrogen-bond acceptors (Lipinski definition) is 8. The molecule has 1 heterocycles. The number of benzene rings is 2. The smallest absolute Gasteiger partial charge is 0.475 e. The number of hydrogen-bond donors (Lipinski definition) is 1. The lowest BCUT2D eigenvalue weighted by atomic mass is 9.88. The van der Waals surface area contributed by atoms with Crippen LogP contribution in [0.25, 0.3) is 0 Å². The molecule has 1 aliphatic rings. The van der Waals surface area contributed by atoms with E-state index in [1.165, 1.54) is 19.2 Å². The summed E-state index contributed by atoms with van der Waals surface area (Å²) < 4.78 is 97.0. The Morgan fingerprint density at radius 1 is 1.00 bits per heavy atom. The second-order valence-electron chi connectivity index (χ2n) is 11.6. The molecular formula is C28H34ClF4N2O8P. The molecule has 0 bridgehead atoms. The Kier molecular flexibility index (Phi) is 10.4. The molecule has 0 aliphatic carbocycles. The number of halogens is 5. The van der Waals surface area contributed by atoms with E-state index in [0.29, 0.717) is 17.0 Å². The molecule has 0 unspecified atom stereocenters. The molecular weight excluding hydrogens is 635 g/mol. The summed E-state index contributed by atoms with van der Waals surface area (Å²) in [4.78, 5) is 26.5. The van der Waals surface area contributed by atoms with E-state index in [0.717, 1.165) is 12.1 Å². The standard InChI is InChI=1S/C28H34ClF4N2O8P/c1-25(2,3)42-44(38,43-26(4,5)6)41-13-12-34-24(37)40-16-35-21-14-17(28(31,32)33)8-10-19(21)27(30,23(35)36)20-15-18(29)9-11-22(20)39-7/h8-11,14-15H,12-13,16H2,1-7H3,(H,34,37)/t27-/m0/s1. The predicted octanol–water partition coefficient (Wildman–Crippen LogP) is 7.37. The van der Waals surface area contributed by atoms with E-state index in [9.17, 15) is 27.3 Å². The number of methoxy groups -OCH3 is 1. The van der Waals surface area contributed by atoms with Crippen LogP contribution in [-0.4, -0.2) is 50.2 Å². The molecule has 0 radical (unpaired) electrons. The van der Waals surface area contributed by atoms with Crippen molar-refractivity contribution in [1.82, 2.24) is 5.32 Å². The normalized spacial score (nSPS) is 17.5. The second kappa shape index (κ2) is 12.8. The summed E-state index contributed by atoms with van der Waals surface area (Å²) in [6, 6.07) is 5.89. The molecule has 44 heavy (non-hydrogen) atoms. The molecule has 1 aliphatic heterocycles. The SMILES string of the molecule is COc1ccc(Cl)cc1[C@]1(F)C(=O)N(COC(=O)NCCOP(=O)(OC(C)(C)C)OC(C)(C)C)c2cc(C(F)(F)F)ccc21. The number of rotatable bonds is 10. The van der Waals surface area contributed by atoms with E-state index in [-0.39, 0.29) is 29.5 Å². The zero-order valence-electron chi connectivity index (χ0n) is 25.1. The summed E-state index contributed by atoms with van der Waals surface area (Å²) in [6.07, 6.45) is -5.95. The minimum absolute atomic E-state index is 0.0423. The number of carbonyl (C=O) groups is 2. The van der Waals surface area contributed by atoms with Crippen molar-refractivity contribution < 1.29 is 54.8 Å². The minimum Gasteiger partial charge on any atom is -0.496 e. The highest BCUT2D eigenvalue weighted by Crippen LogP contribution is 2.55. The highest BCUT2D eigenvalue weighted by molar-refractivity contribution is 7.48. The van der Waals surface area contributed by atoms with E-state index in [4.69, 9.17) is 34.6 Å². The average molecular weight is 669 g/mol. The second-order valence-corrected chi connectivity index (χ2v) is 13.6. The molecule has 244 valence electrons. The maximum Gasteiger partial charge on any atom is 0.475 e. The Hall–Kier alpha value is -2.90. The van der Waals surface area contributed by atoms with E-state index in [2.05, 4.69) is 5.32 Å². The Morgan fingerprint density at radius 3 is 2.16 bits per heavy atom. The summed E-state index contributed by atoms with van der Waals surface area (Å²) in [7, 11) is -2.85. The van der Waals surface area contributed by atoms with Crippen LogP contribution in [-0.2, 0) is 39.5 Å². The monoisotopic (exact) mass is 668 g/mol. The van der Waals surface area contributed by atoms with Gasteiger partial charge in [-0.1, -0.05) is 17.7 Å². The van der Waals surface area contributed by atoms with E-state index in [1.807, 2.05) is 0 Å². The van der Waals surface area contributed by atoms with Gasteiger partial charge in [0.1, 0.15) is 5.75 Å². The van der Waals surface area contributed by atoms with Crippen LogP contribution in [0.2, 0.25) is 5.02 Å². The summed E-state index contributed by atoms with van der Waals surface area (Å²) in [5.41, 5.74) is -7.20. The highest BCUT2D eigenvalue weighted by Gasteiger charge is 2.55. The van der Waals surface area contributed by atoms with Crippen LogP contribution in [0.4, 0.5) is 28.0 Å². The van der Waals surface area contributed by atoms with Gasteiger partial charge < -0.3 is 14.8 Å². The molecule has 10 nitrogen and oxygen atoms in total. The molecule has 2 amide bonds. The first-order valence-electron chi connectivity index (χ1n) is 13.2. The van der Waals surface area contributed by atoms with Crippen LogP contribution in [0.5, 0.6) is 5.75 Å². The third-order valence-corrected chi connectivity index (χ3v) is 8.05. The number of ether oxygens (including phenoxy) is 2. The first-order valence-corrected chi connectivity index (χ1v) is 15.1. The fourth-order valence-electron chi connectivity index (χ4n) is 4.20. The third kappa shape index (κ3) is 8.42. The Morgan fingerprint density at radius 2 is 1.61 bits per heavy atom. The van der Waals surface area contributed by atoms with Gasteiger partial charge in [0.25, 0.3) is 5.91 Å².